The molecule has 0 N–H and O–H groups in total. The minimum Gasteiger partial charge on any atom is -0.103 e. The van der Waals surface area contributed by atoms with Gasteiger partial charge in [-0.05, 0) is 75.0 Å². The van der Waals surface area contributed by atoms with Gasteiger partial charge in [-0.1, -0.05) is 76.5 Å². The molecule has 0 saturated heterocycles. The Labute approximate surface area is 158 Å². The van der Waals surface area contributed by atoms with Crippen LogP contribution in [0.25, 0.3) is 0 Å². The van der Waals surface area contributed by atoms with Crippen LogP contribution in [0.2, 0.25) is 0 Å². The number of hydrogen-bond donors (Lipinski definition) is 0. The molecule has 0 aromatic heterocycles. The largest absolute Gasteiger partial charge is 0.103 e. The lowest BCUT2D eigenvalue weighted by atomic mass is 9.78. The van der Waals surface area contributed by atoms with E-state index in [0.29, 0.717) is 0 Å². The third-order valence-electron chi connectivity index (χ3n) is 7.03. The average Bonchev–Trinajstić information content (AvgIpc) is 2.66. The summed E-state index contributed by atoms with van der Waals surface area (Å²) in [6.45, 7) is 6.18. The quantitative estimate of drug-likeness (QED) is 0.260. The van der Waals surface area contributed by atoms with Crippen LogP contribution in [-0.4, -0.2) is 0 Å². The van der Waals surface area contributed by atoms with Gasteiger partial charge in [0.1, 0.15) is 0 Å². The van der Waals surface area contributed by atoms with E-state index in [1.54, 1.807) is 0 Å². The summed E-state index contributed by atoms with van der Waals surface area (Å²) in [5.74, 6) is 4.02. The molecule has 0 heteroatoms. The molecule has 0 amide bonds. The van der Waals surface area contributed by atoms with Crippen molar-refractivity contribution in [2.24, 2.45) is 23.7 Å². The second kappa shape index (κ2) is 12.8. The Bertz CT molecular complexity index is 350. The molecule has 2 aliphatic carbocycles. The maximum atomic E-state index is 3.86. The van der Waals surface area contributed by atoms with E-state index >= 15 is 0 Å². The molecule has 25 heavy (non-hydrogen) atoms. The van der Waals surface area contributed by atoms with Crippen LogP contribution < -0.4 is 0 Å². The second-order valence-corrected chi connectivity index (χ2v) is 9.08. The second-order valence-electron chi connectivity index (χ2n) is 9.08. The van der Waals surface area contributed by atoms with Gasteiger partial charge in [-0.2, -0.15) is 0 Å². The van der Waals surface area contributed by atoms with Crippen molar-refractivity contribution in [2.45, 2.75) is 110 Å². The van der Waals surface area contributed by atoms with Gasteiger partial charge in [-0.15, -0.1) is 6.58 Å². The molecule has 0 spiro atoms. The van der Waals surface area contributed by atoms with Crippen LogP contribution in [0.1, 0.15) is 110 Å². The van der Waals surface area contributed by atoms with E-state index in [0.717, 1.165) is 23.7 Å². The number of rotatable bonds is 11. The molecule has 0 nitrogen and oxygen atoms in total. The summed E-state index contributed by atoms with van der Waals surface area (Å²) in [4.78, 5) is 0. The smallest absolute Gasteiger partial charge is 0.0322 e. The van der Waals surface area contributed by atoms with E-state index in [-0.39, 0.29) is 0 Å². The highest BCUT2D eigenvalue weighted by molar-refractivity contribution is 4.89. The van der Waals surface area contributed by atoms with Gasteiger partial charge < -0.3 is 0 Å². The van der Waals surface area contributed by atoms with Gasteiger partial charge in [0.2, 0.25) is 0 Å². The van der Waals surface area contributed by atoms with Gasteiger partial charge in [-0.3, -0.25) is 0 Å². The van der Waals surface area contributed by atoms with Crippen LogP contribution in [0.15, 0.2) is 24.8 Å². The fourth-order valence-electron chi connectivity index (χ4n) is 5.13. The highest BCUT2D eigenvalue weighted by atomic mass is 14.3. The SMILES string of the molecule is C=CCC[C@H]1CC[C@H](CC=CC[C@H]2CC[C@H](CCCCC)CC2)CC1. The molecule has 2 fully saturated rings. The fraction of sp³-hybridized carbons (Fsp3) is 0.840. The zero-order valence-corrected chi connectivity index (χ0v) is 17.1. The van der Waals surface area contributed by atoms with E-state index in [4.69, 9.17) is 0 Å². The van der Waals surface area contributed by atoms with Crippen molar-refractivity contribution in [3.63, 3.8) is 0 Å². The summed E-state index contributed by atoms with van der Waals surface area (Å²) in [5.41, 5.74) is 0. The molecule has 144 valence electrons. The number of unbranched alkanes of at least 4 members (excludes halogenated alkanes) is 2. The van der Waals surface area contributed by atoms with Crippen molar-refractivity contribution in [1.82, 2.24) is 0 Å². The van der Waals surface area contributed by atoms with E-state index < -0.39 is 0 Å². The highest BCUT2D eigenvalue weighted by Gasteiger charge is 2.21. The zero-order valence-electron chi connectivity index (χ0n) is 17.1. The first-order chi connectivity index (χ1) is 12.3. The van der Waals surface area contributed by atoms with Crippen LogP contribution >= 0.6 is 0 Å². The molecule has 0 atom stereocenters. The van der Waals surface area contributed by atoms with Gasteiger partial charge in [0.25, 0.3) is 0 Å². The van der Waals surface area contributed by atoms with E-state index in [1.165, 1.54) is 103 Å². The molecule has 0 aliphatic heterocycles. The molecule has 0 heterocycles. The summed E-state index contributed by atoms with van der Waals surface area (Å²) < 4.78 is 0. The molecule has 0 radical (unpaired) electrons. The molecule has 2 rings (SSSR count). The first-order valence-corrected chi connectivity index (χ1v) is 11.6. The van der Waals surface area contributed by atoms with Crippen molar-refractivity contribution >= 4 is 0 Å². The number of allylic oxidation sites excluding steroid dienone is 3. The molecule has 0 aromatic rings. The fourth-order valence-corrected chi connectivity index (χ4v) is 5.13. The lowest BCUT2D eigenvalue weighted by Gasteiger charge is -2.28. The molecule has 2 saturated carbocycles. The van der Waals surface area contributed by atoms with E-state index in [2.05, 4.69) is 31.7 Å². The Hall–Kier alpha value is -0.520. The predicted molar refractivity (Wildman–Crippen MR) is 113 cm³/mol. The molecular weight excluding hydrogens is 300 g/mol. The lowest BCUT2D eigenvalue weighted by molar-refractivity contribution is 0.258. The lowest BCUT2D eigenvalue weighted by Crippen LogP contribution is -2.14. The van der Waals surface area contributed by atoms with Crippen molar-refractivity contribution < 1.29 is 0 Å². The summed E-state index contributed by atoms with van der Waals surface area (Å²) in [6, 6.07) is 0. The topological polar surface area (TPSA) is 0 Å². The Morgan fingerprint density at radius 1 is 0.680 bits per heavy atom. The van der Waals surface area contributed by atoms with Gasteiger partial charge in [0, 0.05) is 0 Å². The number of hydrogen-bond acceptors (Lipinski definition) is 0. The Balaban J connectivity index is 1.50. The molecule has 0 bridgehead atoms. The Kier molecular flexibility index (Phi) is 10.6. The Morgan fingerprint density at radius 2 is 1.16 bits per heavy atom. The minimum atomic E-state index is 0.977. The minimum absolute atomic E-state index is 0.977. The van der Waals surface area contributed by atoms with Crippen LogP contribution in [-0.2, 0) is 0 Å². The van der Waals surface area contributed by atoms with Gasteiger partial charge in [0.05, 0.1) is 0 Å². The van der Waals surface area contributed by atoms with Crippen molar-refractivity contribution in [2.75, 3.05) is 0 Å². The zero-order chi connectivity index (χ0) is 17.7. The third-order valence-corrected chi connectivity index (χ3v) is 7.03. The maximum absolute atomic E-state index is 3.86. The van der Waals surface area contributed by atoms with Crippen molar-refractivity contribution in [3.8, 4) is 0 Å². The third kappa shape index (κ3) is 8.61. The van der Waals surface area contributed by atoms with Crippen molar-refractivity contribution in [3.05, 3.63) is 24.8 Å². The molecule has 0 unspecified atom stereocenters. The summed E-state index contributed by atoms with van der Waals surface area (Å²) in [6.07, 6.45) is 30.1. The Morgan fingerprint density at radius 3 is 1.64 bits per heavy atom. The van der Waals surface area contributed by atoms with Crippen LogP contribution in [0.3, 0.4) is 0 Å². The molecule has 2 aliphatic rings. The van der Waals surface area contributed by atoms with Crippen LogP contribution in [0.5, 0.6) is 0 Å². The van der Waals surface area contributed by atoms with E-state index in [9.17, 15) is 0 Å². The summed E-state index contributed by atoms with van der Waals surface area (Å²) in [5, 5.41) is 0. The van der Waals surface area contributed by atoms with Crippen LogP contribution in [0, 0.1) is 23.7 Å². The molecule has 0 aromatic carbocycles. The van der Waals surface area contributed by atoms with Gasteiger partial charge in [0.15, 0.2) is 0 Å². The monoisotopic (exact) mass is 344 g/mol. The first kappa shape index (κ1) is 20.8. The predicted octanol–water partition coefficient (Wildman–Crippen LogP) is 8.48. The normalized spacial score (nSPS) is 30.6. The summed E-state index contributed by atoms with van der Waals surface area (Å²) in [7, 11) is 0. The summed E-state index contributed by atoms with van der Waals surface area (Å²) >= 11 is 0. The van der Waals surface area contributed by atoms with Gasteiger partial charge in [-0.25, -0.2) is 0 Å². The van der Waals surface area contributed by atoms with Crippen LogP contribution in [0.4, 0.5) is 0 Å². The first-order valence-electron chi connectivity index (χ1n) is 11.6. The molecular formula is C25H44. The maximum Gasteiger partial charge on any atom is -0.0322 e. The van der Waals surface area contributed by atoms with Crippen molar-refractivity contribution in [1.29, 1.82) is 0 Å². The standard InChI is InChI=1S/C25H44/c1-3-5-7-11-23-18-20-25(21-19-23)13-9-8-12-24-16-14-22(15-17-24)10-6-4-2/h4,8-9,22-25H,2-3,5-7,10-21H2,1H3/t22-,23-,24-,25-. The van der Waals surface area contributed by atoms with E-state index in [1.807, 2.05) is 0 Å². The average molecular weight is 345 g/mol. The van der Waals surface area contributed by atoms with Gasteiger partial charge >= 0.3 is 0 Å². The highest BCUT2D eigenvalue weighted by Crippen LogP contribution is 2.35.